The lowest BCUT2D eigenvalue weighted by atomic mass is 10.1. The monoisotopic (exact) mass is 286 g/mol. The van der Waals surface area contributed by atoms with Crippen LogP contribution in [-0.4, -0.2) is 13.1 Å². The van der Waals surface area contributed by atoms with E-state index in [0.717, 1.165) is 13.1 Å². The number of unbranched alkanes of at least 4 members (excludes halogenated alkanes) is 4. The molecule has 2 heteroatoms. The number of anilines is 2. The van der Waals surface area contributed by atoms with Gasteiger partial charge in [0.15, 0.2) is 0 Å². The summed E-state index contributed by atoms with van der Waals surface area (Å²) in [7, 11) is 0. The van der Waals surface area contributed by atoms with E-state index < -0.39 is 0 Å². The van der Waals surface area contributed by atoms with Gasteiger partial charge in [-0.2, -0.15) is 0 Å². The molecule has 0 saturated carbocycles. The zero-order chi connectivity index (χ0) is 15.2. The molecule has 1 heterocycles. The van der Waals surface area contributed by atoms with E-state index in [-0.39, 0.29) is 0 Å². The van der Waals surface area contributed by atoms with Gasteiger partial charge in [-0.1, -0.05) is 52.2 Å². The number of hydrogen-bond donors (Lipinski definition) is 0. The predicted octanol–water partition coefficient (Wildman–Crippen LogP) is 5.47. The van der Waals surface area contributed by atoms with E-state index in [1.54, 1.807) is 0 Å². The molecule has 0 spiro atoms. The van der Waals surface area contributed by atoms with Crippen molar-refractivity contribution in [1.82, 2.24) is 0 Å². The fourth-order valence-corrected chi connectivity index (χ4v) is 3.04. The zero-order valence-electron chi connectivity index (χ0n) is 14.0. The summed E-state index contributed by atoms with van der Waals surface area (Å²) in [5.41, 5.74) is 4.03. The number of benzene rings is 1. The molecule has 0 fully saturated rings. The second-order valence-electron chi connectivity index (χ2n) is 6.13. The van der Waals surface area contributed by atoms with Gasteiger partial charge < -0.3 is 9.80 Å². The van der Waals surface area contributed by atoms with E-state index in [9.17, 15) is 0 Å². The quantitative estimate of drug-likeness (QED) is 0.584. The van der Waals surface area contributed by atoms with E-state index >= 15 is 0 Å². The summed E-state index contributed by atoms with van der Waals surface area (Å²) in [6, 6.07) is 6.79. The molecular formula is C19H30N2. The number of fused-ring (bicyclic) bond motifs is 1. The van der Waals surface area contributed by atoms with Crippen LogP contribution in [0.25, 0.3) is 0 Å². The molecule has 0 unspecified atom stereocenters. The van der Waals surface area contributed by atoms with Gasteiger partial charge in [0, 0.05) is 13.1 Å². The van der Waals surface area contributed by atoms with Crippen molar-refractivity contribution in [2.75, 3.05) is 22.9 Å². The minimum atomic E-state index is 1.09. The van der Waals surface area contributed by atoms with Crippen LogP contribution in [0, 0.1) is 6.92 Å². The summed E-state index contributed by atoms with van der Waals surface area (Å²) >= 11 is 0. The summed E-state index contributed by atoms with van der Waals surface area (Å²) in [6.45, 7) is 13.2. The van der Waals surface area contributed by atoms with Crippen molar-refractivity contribution in [2.45, 2.75) is 59.3 Å². The first kappa shape index (κ1) is 15.9. The molecule has 0 aromatic heterocycles. The average molecular weight is 286 g/mol. The molecule has 1 aliphatic rings. The van der Waals surface area contributed by atoms with Crippen LogP contribution in [0.4, 0.5) is 11.4 Å². The van der Waals surface area contributed by atoms with Crippen LogP contribution in [0.3, 0.4) is 0 Å². The highest BCUT2D eigenvalue weighted by molar-refractivity contribution is 5.82. The van der Waals surface area contributed by atoms with E-state index in [0.29, 0.717) is 0 Å². The molecule has 116 valence electrons. The molecule has 0 saturated heterocycles. The fraction of sp³-hybridized carbons (Fsp3) is 0.579. The zero-order valence-corrected chi connectivity index (χ0v) is 14.0. The van der Waals surface area contributed by atoms with Crippen LogP contribution in [0.1, 0.15) is 57.9 Å². The van der Waals surface area contributed by atoms with E-state index in [1.165, 1.54) is 61.3 Å². The van der Waals surface area contributed by atoms with Gasteiger partial charge in [-0.25, -0.2) is 0 Å². The molecule has 0 aliphatic carbocycles. The Morgan fingerprint density at radius 3 is 2.00 bits per heavy atom. The molecule has 1 aliphatic heterocycles. The van der Waals surface area contributed by atoms with Crippen molar-refractivity contribution in [1.29, 1.82) is 0 Å². The van der Waals surface area contributed by atoms with Crippen LogP contribution in [-0.2, 0) is 0 Å². The first-order chi connectivity index (χ1) is 10.2. The molecule has 2 rings (SSSR count). The number of aryl methyl sites for hydroxylation is 1. The standard InChI is InChI=1S/C19H30N2/c1-5-7-9-13-20-17(4)21(14-10-8-6-2)19-15-16(3)11-12-18(19)20/h11-12,15H,4-10,13-14H2,1-3H3. The van der Waals surface area contributed by atoms with Gasteiger partial charge in [0.2, 0.25) is 0 Å². The normalized spacial score (nSPS) is 14.0. The summed E-state index contributed by atoms with van der Waals surface area (Å²) in [5.74, 6) is 1.17. The van der Waals surface area contributed by atoms with Crippen molar-refractivity contribution in [3.63, 3.8) is 0 Å². The lowest BCUT2D eigenvalue weighted by Gasteiger charge is -2.24. The molecule has 0 atom stereocenters. The van der Waals surface area contributed by atoms with Gasteiger partial charge in [0.05, 0.1) is 11.4 Å². The summed E-state index contributed by atoms with van der Waals surface area (Å²) < 4.78 is 0. The van der Waals surface area contributed by atoms with E-state index in [2.05, 4.69) is 55.3 Å². The highest BCUT2D eigenvalue weighted by Gasteiger charge is 2.28. The van der Waals surface area contributed by atoms with Gasteiger partial charge >= 0.3 is 0 Å². The second kappa shape index (κ2) is 7.53. The summed E-state index contributed by atoms with van der Waals surface area (Å²) in [4.78, 5) is 4.83. The molecule has 1 aromatic rings. The topological polar surface area (TPSA) is 6.48 Å². The average Bonchev–Trinajstić information content (AvgIpc) is 2.72. The molecule has 0 bridgehead atoms. The predicted molar refractivity (Wildman–Crippen MR) is 94.1 cm³/mol. The third-order valence-electron chi connectivity index (χ3n) is 4.31. The number of rotatable bonds is 8. The SMILES string of the molecule is C=C1N(CCCCC)c2ccc(C)cc2N1CCCCC. The first-order valence-corrected chi connectivity index (χ1v) is 8.53. The molecule has 1 aromatic carbocycles. The highest BCUT2D eigenvalue weighted by Crippen LogP contribution is 2.41. The smallest absolute Gasteiger partial charge is 0.106 e. The van der Waals surface area contributed by atoms with Crippen LogP contribution in [0.15, 0.2) is 30.6 Å². The minimum Gasteiger partial charge on any atom is -0.326 e. The third-order valence-corrected chi connectivity index (χ3v) is 4.31. The Bertz CT molecular complexity index is 478. The van der Waals surface area contributed by atoms with Gasteiger partial charge in [0.1, 0.15) is 5.82 Å². The number of nitrogens with zero attached hydrogens (tertiary/aromatic N) is 2. The summed E-state index contributed by atoms with van der Waals surface area (Å²) in [6.07, 6.45) is 7.60. The van der Waals surface area contributed by atoms with Crippen molar-refractivity contribution >= 4 is 11.4 Å². The lowest BCUT2D eigenvalue weighted by Crippen LogP contribution is -2.29. The van der Waals surface area contributed by atoms with Crippen molar-refractivity contribution in [3.8, 4) is 0 Å². The van der Waals surface area contributed by atoms with Crippen LogP contribution < -0.4 is 9.80 Å². The summed E-state index contributed by atoms with van der Waals surface area (Å²) in [5, 5.41) is 0. The van der Waals surface area contributed by atoms with Crippen LogP contribution >= 0.6 is 0 Å². The minimum absolute atomic E-state index is 1.09. The maximum Gasteiger partial charge on any atom is 0.106 e. The van der Waals surface area contributed by atoms with Crippen LogP contribution in [0.5, 0.6) is 0 Å². The second-order valence-corrected chi connectivity index (χ2v) is 6.13. The van der Waals surface area contributed by atoms with Crippen LogP contribution in [0.2, 0.25) is 0 Å². The largest absolute Gasteiger partial charge is 0.326 e. The van der Waals surface area contributed by atoms with Gasteiger partial charge in [0.25, 0.3) is 0 Å². The van der Waals surface area contributed by atoms with Crippen molar-refractivity contribution < 1.29 is 0 Å². The van der Waals surface area contributed by atoms with Crippen molar-refractivity contribution in [2.24, 2.45) is 0 Å². The van der Waals surface area contributed by atoms with Crippen molar-refractivity contribution in [3.05, 3.63) is 36.2 Å². The Morgan fingerprint density at radius 1 is 0.857 bits per heavy atom. The molecule has 21 heavy (non-hydrogen) atoms. The van der Waals surface area contributed by atoms with E-state index in [1.807, 2.05) is 0 Å². The maximum atomic E-state index is 4.37. The highest BCUT2D eigenvalue weighted by atomic mass is 15.4. The fourth-order valence-electron chi connectivity index (χ4n) is 3.04. The number of hydrogen-bond acceptors (Lipinski definition) is 2. The van der Waals surface area contributed by atoms with Gasteiger partial charge in [-0.05, 0) is 37.5 Å². The molecule has 2 nitrogen and oxygen atoms in total. The Kier molecular flexibility index (Phi) is 5.72. The maximum absolute atomic E-state index is 4.37. The Hall–Kier alpha value is -1.44. The Morgan fingerprint density at radius 2 is 1.43 bits per heavy atom. The third kappa shape index (κ3) is 3.61. The molecule has 0 N–H and O–H groups in total. The molecular weight excluding hydrogens is 256 g/mol. The Balaban J connectivity index is 2.16. The Labute approximate surface area is 130 Å². The van der Waals surface area contributed by atoms with Gasteiger partial charge in [-0.3, -0.25) is 0 Å². The lowest BCUT2D eigenvalue weighted by molar-refractivity contribution is 0.686. The van der Waals surface area contributed by atoms with E-state index in [4.69, 9.17) is 0 Å². The van der Waals surface area contributed by atoms with Gasteiger partial charge in [-0.15, -0.1) is 0 Å². The molecule has 0 amide bonds. The first-order valence-electron chi connectivity index (χ1n) is 8.53. The molecule has 0 radical (unpaired) electrons.